The van der Waals surface area contributed by atoms with Crippen molar-refractivity contribution >= 4 is 5.97 Å². The van der Waals surface area contributed by atoms with Gasteiger partial charge in [0.15, 0.2) is 0 Å². The zero-order chi connectivity index (χ0) is 12.6. The second kappa shape index (κ2) is 4.30. The third kappa shape index (κ3) is 1.69. The van der Waals surface area contributed by atoms with E-state index in [0.717, 1.165) is 37.0 Å². The van der Waals surface area contributed by atoms with Gasteiger partial charge in [-0.15, -0.1) is 0 Å². The molecule has 3 heteroatoms. The number of para-hydroxylation sites is 1. The molecule has 0 saturated heterocycles. The van der Waals surface area contributed by atoms with E-state index >= 15 is 0 Å². The maximum absolute atomic E-state index is 11.8. The smallest absolute Gasteiger partial charge is 0.313 e. The molecule has 1 unspecified atom stereocenters. The van der Waals surface area contributed by atoms with Crippen molar-refractivity contribution in [3.8, 4) is 5.75 Å². The first-order valence-electron chi connectivity index (χ1n) is 6.66. The molecule has 1 aliphatic carbocycles. The van der Waals surface area contributed by atoms with Crippen molar-refractivity contribution < 1.29 is 14.6 Å². The van der Waals surface area contributed by atoms with E-state index in [1.165, 1.54) is 0 Å². The van der Waals surface area contributed by atoms with Crippen molar-refractivity contribution in [1.82, 2.24) is 0 Å². The van der Waals surface area contributed by atoms with Crippen molar-refractivity contribution in [3.63, 3.8) is 0 Å². The molecule has 96 valence electrons. The summed E-state index contributed by atoms with van der Waals surface area (Å²) in [5, 5.41) is 9.69. The fraction of sp³-hybridized carbons (Fsp3) is 0.533. The highest BCUT2D eigenvalue weighted by Crippen LogP contribution is 2.46. The Kier molecular flexibility index (Phi) is 2.77. The molecular formula is C15H18O3. The maximum Gasteiger partial charge on any atom is 0.313 e. The van der Waals surface area contributed by atoms with Gasteiger partial charge in [0.1, 0.15) is 17.8 Å². The highest BCUT2D eigenvalue weighted by Gasteiger charge is 2.49. The maximum atomic E-state index is 11.8. The van der Waals surface area contributed by atoms with Gasteiger partial charge in [0, 0.05) is 0 Å². The van der Waals surface area contributed by atoms with Gasteiger partial charge in [0.2, 0.25) is 0 Å². The Labute approximate surface area is 107 Å². The minimum atomic E-state index is -0.704. The average Bonchev–Trinajstić information content (AvgIpc) is 2.92. The molecule has 3 rings (SSSR count). The summed E-state index contributed by atoms with van der Waals surface area (Å²) in [4.78, 5) is 11.8. The summed E-state index contributed by atoms with van der Waals surface area (Å²) in [5.41, 5.74) is 0.336. The number of fused-ring (bicyclic) bond motifs is 1. The Hall–Kier alpha value is -1.51. The van der Waals surface area contributed by atoms with E-state index in [1.807, 2.05) is 24.3 Å². The molecule has 1 heterocycles. The SMILES string of the molecule is O=C(O)C1(C2CCCC2)COc2ccccc2C1. The molecule has 1 atom stereocenters. The standard InChI is InChI=1S/C15H18O3/c16-14(17)15(12-6-2-3-7-12)9-11-5-1-4-8-13(11)18-10-15/h1,4-5,8,12H,2-3,6-7,9-10H2,(H,16,17). The van der Waals surface area contributed by atoms with Gasteiger partial charge in [0.25, 0.3) is 0 Å². The number of carboxylic acids is 1. The van der Waals surface area contributed by atoms with Crippen molar-refractivity contribution in [2.75, 3.05) is 6.61 Å². The van der Waals surface area contributed by atoms with Crippen LogP contribution in [0.2, 0.25) is 0 Å². The summed E-state index contributed by atoms with van der Waals surface area (Å²) in [6, 6.07) is 7.80. The lowest BCUT2D eigenvalue weighted by Gasteiger charge is -2.38. The highest BCUT2D eigenvalue weighted by molar-refractivity contribution is 5.76. The molecule has 1 aromatic rings. The largest absolute Gasteiger partial charge is 0.492 e. The molecule has 3 nitrogen and oxygen atoms in total. The third-order valence-electron chi connectivity index (χ3n) is 4.53. The molecule has 1 saturated carbocycles. The van der Waals surface area contributed by atoms with Crippen LogP contribution in [0.1, 0.15) is 31.2 Å². The van der Waals surface area contributed by atoms with Crippen LogP contribution in [0.15, 0.2) is 24.3 Å². The molecule has 1 N–H and O–H groups in total. The second-order valence-electron chi connectivity index (χ2n) is 5.52. The van der Waals surface area contributed by atoms with Crippen molar-refractivity contribution in [3.05, 3.63) is 29.8 Å². The van der Waals surface area contributed by atoms with Gasteiger partial charge < -0.3 is 9.84 Å². The first kappa shape index (κ1) is 11.6. The molecule has 0 amide bonds. The molecule has 2 aliphatic rings. The van der Waals surface area contributed by atoms with Gasteiger partial charge >= 0.3 is 5.97 Å². The van der Waals surface area contributed by atoms with E-state index in [0.29, 0.717) is 13.0 Å². The first-order valence-corrected chi connectivity index (χ1v) is 6.66. The lowest BCUT2D eigenvalue weighted by atomic mass is 9.69. The molecule has 0 radical (unpaired) electrons. The number of hydrogen-bond donors (Lipinski definition) is 1. The third-order valence-corrected chi connectivity index (χ3v) is 4.53. The van der Waals surface area contributed by atoms with Gasteiger partial charge in [-0.2, -0.15) is 0 Å². The molecule has 18 heavy (non-hydrogen) atoms. The van der Waals surface area contributed by atoms with E-state index in [4.69, 9.17) is 4.74 Å². The summed E-state index contributed by atoms with van der Waals surface area (Å²) < 4.78 is 5.73. The number of carboxylic acid groups (broad SMARTS) is 1. The molecule has 1 fully saturated rings. The van der Waals surface area contributed by atoms with Gasteiger partial charge in [-0.1, -0.05) is 31.0 Å². The fourth-order valence-electron chi connectivity index (χ4n) is 3.44. The van der Waals surface area contributed by atoms with Crippen molar-refractivity contribution in [2.24, 2.45) is 11.3 Å². The topological polar surface area (TPSA) is 46.5 Å². The zero-order valence-electron chi connectivity index (χ0n) is 10.4. The summed E-state index contributed by atoms with van der Waals surface area (Å²) in [5.74, 6) is 0.430. The Morgan fingerprint density at radius 2 is 2.00 bits per heavy atom. The van der Waals surface area contributed by atoms with Crippen LogP contribution in [0.5, 0.6) is 5.75 Å². The lowest BCUT2D eigenvalue weighted by Crippen LogP contribution is -2.47. The normalized spacial score (nSPS) is 27.6. The van der Waals surface area contributed by atoms with Crippen LogP contribution in [-0.4, -0.2) is 17.7 Å². The first-order chi connectivity index (χ1) is 8.72. The number of carbonyl (C=O) groups is 1. The number of hydrogen-bond acceptors (Lipinski definition) is 2. The molecule has 1 aliphatic heterocycles. The fourth-order valence-corrected chi connectivity index (χ4v) is 3.44. The van der Waals surface area contributed by atoms with E-state index in [9.17, 15) is 9.90 Å². The van der Waals surface area contributed by atoms with Crippen LogP contribution < -0.4 is 4.74 Å². The van der Waals surface area contributed by atoms with E-state index in [-0.39, 0.29) is 5.92 Å². The Morgan fingerprint density at radius 1 is 1.28 bits per heavy atom. The zero-order valence-corrected chi connectivity index (χ0v) is 10.4. The van der Waals surface area contributed by atoms with Crippen LogP contribution >= 0.6 is 0 Å². The minimum absolute atomic E-state index is 0.267. The number of ether oxygens (including phenoxy) is 1. The molecule has 1 aromatic carbocycles. The summed E-state index contributed by atoms with van der Waals surface area (Å²) >= 11 is 0. The Balaban J connectivity index is 1.96. The number of rotatable bonds is 2. The summed E-state index contributed by atoms with van der Waals surface area (Å²) in [6.45, 7) is 0.323. The van der Waals surface area contributed by atoms with Crippen LogP contribution in [0.3, 0.4) is 0 Å². The summed E-state index contributed by atoms with van der Waals surface area (Å²) in [6.07, 6.45) is 4.97. The van der Waals surface area contributed by atoms with E-state index in [1.54, 1.807) is 0 Å². The molecule has 0 spiro atoms. The predicted octanol–water partition coefficient (Wildman–Crippen LogP) is 2.88. The number of aliphatic carboxylic acids is 1. The van der Waals surface area contributed by atoms with Gasteiger partial charge in [0.05, 0.1) is 0 Å². The lowest BCUT2D eigenvalue weighted by molar-refractivity contribution is -0.156. The van der Waals surface area contributed by atoms with Crippen LogP contribution in [0, 0.1) is 11.3 Å². The second-order valence-corrected chi connectivity index (χ2v) is 5.52. The van der Waals surface area contributed by atoms with Gasteiger partial charge in [-0.05, 0) is 36.8 Å². The number of benzene rings is 1. The Morgan fingerprint density at radius 3 is 2.72 bits per heavy atom. The van der Waals surface area contributed by atoms with Crippen LogP contribution in [0.4, 0.5) is 0 Å². The van der Waals surface area contributed by atoms with Gasteiger partial charge in [-0.3, -0.25) is 4.79 Å². The highest BCUT2D eigenvalue weighted by atomic mass is 16.5. The van der Waals surface area contributed by atoms with E-state index < -0.39 is 11.4 Å². The van der Waals surface area contributed by atoms with Crippen LogP contribution in [-0.2, 0) is 11.2 Å². The molecule has 0 bridgehead atoms. The minimum Gasteiger partial charge on any atom is -0.492 e. The quantitative estimate of drug-likeness (QED) is 0.872. The van der Waals surface area contributed by atoms with E-state index in [2.05, 4.69) is 0 Å². The predicted molar refractivity (Wildman–Crippen MR) is 67.7 cm³/mol. The van der Waals surface area contributed by atoms with Crippen molar-refractivity contribution in [1.29, 1.82) is 0 Å². The van der Waals surface area contributed by atoms with Crippen LogP contribution in [0.25, 0.3) is 0 Å². The molecular weight excluding hydrogens is 228 g/mol. The van der Waals surface area contributed by atoms with Gasteiger partial charge in [-0.25, -0.2) is 0 Å². The monoisotopic (exact) mass is 246 g/mol. The summed E-state index contributed by atoms with van der Waals surface area (Å²) in [7, 11) is 0. The van der Waals surface area contributed by atoms with Crippen molar-refractivity contribution in [2.45, 2.75) is 32.1 Å². The average molecular weight is 246 g/mol. The molecule has 0 aromatic heterocycles. The Bertz CT molecular complexity index is 463.